The van der Waals surface area contributed by atoms with Crippen LogP contribution < -0.4 is 5.32 Å². The van der Waals surface area contributed by atoms with Gasteiger partial charge in [0.25, 0.3) is 0 Å². The van der Waals surface area contributed by atoms with Gasteiger partial charge in [0.2, 0.25) is 0 Å². The second-order valence-electron chi connectivity index (χ2n) is 19.9. The lowest BCUT2D eigenvalue weighted by Crippen LogP contribution is -2.17. The second-order valence-corrected chi connectivity index (χ2v) is 19.9. The Kier molecular flexibility index (Phi) is 31.7. The largest absolute Gasteiger partial charge is 0.359 e. The van der Waals surface area contributed by atoms with Crippen LogP contribution in [0.15, 0.2) is 121 Å². The summed E-state index contributed by atoms with van der Waals surface area (Å²) in [6.45, 7) is 37.8. The number of ketones is 2. The van der Waals surface area contributed by atoms with Crippen molar-refractivity contribution >= 4 is 17.3 Å². The van der Waals surface area contributed by atoms with Gasteiger partial charge in [-0.25, -0.2) is 0 Å². The van der Waals surface area contributed by atoms with Gasteiger partial charge in [0.1, 0.15) is 0 Å². The minimum atomic E-state index is -0.186. The standard InChI is InChI=1S/C20H31N.C17H26O2.C10H12.C9H12.C5H10.C3H8/c1-5-16(3)17(4)21-20-11-7-10-19(14-20)18-9-6-8-15(2)12-13-18;1-7-11-16(18)15(10-4)17(19)14(9-3)13(6)12(5)8-2;1-8-5-6-9-3-2-4-10(9)7-8;1-2-6-9-7-4-3-5-8-9;1-4-3-5(4)2;1-3-2/h7,10-11,14-16,18,21H,4-6,8-9,12-13H2,1-3H3;9-10,12H,6-8,11H2,1-5H3;5-7H,2-4H2,1H3;3-5,7-8H,2,6H2,1H3;4-5H,3H2,1-2H3;3H2,1-2H3/b;14-9+,15-10-;;;;. The van der Waals surface area contributed by atoms with Crippen molar-refractivity contribution in [2.75, 3.05) is 5.32 Å². The first kappa shape index (κ1) is 60.8. The summed E-state index contributed by atoms with van der Waals surface area (Å²) >= 11 is 0. The quantitative estimate of drug-likeness (QED) is 0.0543. The predicted molar refractivity (Wildman–Crippen MR) is 297 cm³/mol. The molecule has 0 amide bonds. The molecule has 67 heavy (non-hydrogen) atoms. The summed E-state index contributed by atoms with van der Waals surface area (Å²) in [6, 6.07) is 26.4. The molecule has 0 radical (unpaired) electrons. The first-order chi connectivity index (χ1) is 32.0. The SMILES string of the molecule is C=C(/C(=C\C)C(=O)/C(=C\C)C(=O)CCC)C(C)CC.C=C(Nc1cccc(C2CCCC(C)CC2)c1)C(C)CC.CC1CC1C.CCC.CCCc1ccccc1.Cc1ccc2c(c1)CCC2. The molecule has 0 aromatic heterocycles. The van der Waals surface area contributed by atoms with E-state index in [0.29, 0.717) is 23.5 Å². The third kappa shape index (κ3) is 24.1. The Morgan fingerprint density at radius 2 is 1.31 bits per heavy atom. The van der Waals surface area contributed by atoms with Crippen LogP contribution in [0, 0.1) is 36.5 Å². The van der Waals surface area contributed by atoms with Crippen molar-refractivity contribution in [3.63, 3.8) is 0 Å². The van der Waals surface area contributed by atoms with Crippen LogP contribution in [0.4, 0.5) is 5.69 Å². The van der Waals surface area contributed by atoms with E-state index in [9.17, 15) is 9.59 Å². The molecule has 372 valence electrons. The van der Waals surface area contributed by atoms with E-state index in [1.165, 1.54) is 99.4 Å². The van der Waals surface area contributed by atoms with E-state index in [0.717, 1.165) is 54.2 Å². The molecule has 6 rings (SSSR count). The van der Waals surface area contributed by atoms with Crippen LogP contribution >= 0.6 is 0 Å². The molecule has 3 aliphatic rings. The van der Waals surface area contributed by atoms with Gasteiger partial charge in [-0.3, -0.25) is 9.59 Å². The van der Waals surface area contributed by atoms with Gasteiger partial charge < -0.3 is 5.32 Å². The van der Waals surface area contributed by atoms with Crippen molar-refractivity contribution in [3.05, 3.63) is 148 Å². The zero-order chi connectivity index (χ0) is 50.3. The number of fused-ring (bicyclic) bond motifs is 1. The number of carbonyl (C=O) groups excluding carboxylic acids is 2. The molecule has 0 bridgehead atoms. The number of hydrogen-bond acceptors (Lipinski definition) is 3. The number of allylic oxidation sites excluding steroid dienone is 6. The molecular formula is C64H99NO2. The highest BCUT2D eigenvalue weighted by atomic mass is 16.1. The molecule has 2 fully saturated rings. The maximum Gasteiger partial charge on any atom is 0.196 e. The molecule has 2 saturated carbocycles. The summed E-state index contributed by atoms with van der Waals surface area (Å²) in [5.74, 6) is 4.25. The van der Waals surface area contributed by atoms with E-state index in [1.54, 1.807) is 30.2 Å². The van der Waals surface area contributed by atoms with Gasteiger partial charge in [0.05, 0.1) is 5.57 Å². The molecule has 3 aromatic carbocycles. The third-order valence-electron chi connectivity index (χ3n) is 13.7. The van der Waals surface area contributed by atoms with Crippen molar-refractivity contribution in [2.45, 2.75) is 206 Å². The average molecular weight is 915 g/mol. The lowest BCUT2D eigenvalue weighted by atomic mass is 9.87. The number of hydrogen-bond donors (Lipinski definition) is 1. The molecule has 1 N–H and O–H groups in total. The topological polar surface area (TPSA) is 46.2 Å². The molecular weight excluding hydrogens is 815 g/mol. The van der Waals surface area contributed by atoms with Gasteiger partial charge in [-0.05, 0) is 160 Å². The maximum absolute atomic E-state index is 12.5. The van der Waals surface area contributed by atoms with Crippen LogP contribution in [0.5, 0.6) is 0 Å². The molecule has 3 nitrogen and oxygen atoms in total. The lowest BCUT2D eigenvalue weighted by Gasteiger charge is -2.18. The smallest absolute Gasteiger partial charge is 0.196 e. The van der Waals surface area contributed by atoms with Gasteiger partial charge in [-0.2, -0.15) is 0 Å². The van der Waals surface area contributed by atoms with Crippen LogP contribution in [0.2, 0.25) is 0 Å². The minimum absolute atomic E-state index is 0.0775. The van der Waals surface area contributed by atoms with E-state index >= 15 is 0 Å². The zero-order valence-electron chi connectivity index (χ0n) is 45.6. The van der Waals surface area contributed by atoms with Crippen LogP contribution in [0.3, 0.4) is 0 Å². The minimum Gasteiger partial charge on any atom is -0.359 e. The van der Waals surface area contributed by atoms with Crippen LogP contribution in [-0.4, -0.2) is 11.6 Å². The van der Waals surface area contributed by atoms with Crippen LogP contribution in [0.1, 0.15) is 207 Å². The number of aryl methyl sites for hydroxylation is 4. The van der Waals surface area contributed by atoms with E-state index in [2.05, 4.69) is 161 Å². The summed E-state index contributed by atoms with van der Waals surface area (Å²) in [5, 5.41) is 3.50. The van der Waals surface area contributed by atoms with Gasteiger partial charge in [0.15, 0.2) is 11.6 Å². The van der Waals surface area contributed by atoms with Crippen molar-refractivity contribution in [1.82, 2.24) is 0 Å². The number of carbonyl (C=O) groups is 2. The van der Waals surface area contributed by atoms with Crippen molar-refractivity contribution in [1.29, 1.82) is 0 Å². The Morgan fingerprint density at radius 3 is 1.87 bits per heavy atom. The average Bonchev–Trinajstić information content (AvgIpc) is 3.85. The summed E-state index contributed by atoms with van der Waals surface area (Å²) < 4.78 is 0. The van der Waals surface area contributed by atoms with Gasteiger partial charge >= 0.3 is 0 Å². The highest BCUT2D eigenvalue weighted by Gasteiger charge is 2.26. The fourth-order valence-corrected chi connectivity index (χ4v) is 8.29. The van der Waals surface area contributed by atoms with Crippen LogP contribution in [0.25, 0.3) is 0 Å². The first-order valence-electron chi connectivity index (χ1n) is 26.8. The molecule has 0 heterocycles. The van der Waals surface area contributed by atoms with E-state index in [1.807, 2.05) is 20.8 Å². The number of anilines is 1. The molecule has 3 aromatic rings. The van der Waals surface area contributed by atoms with E-state index in [-0.39, 0.29) is 17.5 Å². The molecule has 6 atom stereocenters. The summed E-state index contributed by atoms with van der Waals surface area (Å²) in [6.07, 6.45) is 22.6. The number of Topliss-reactive ketones (excluding diaryl/α,β-unsaturated/α-hetero) is 2. The Hall–Kier alpha value is -4.24. The number of nitrogens with one attached hydrogen (secondary N) is 1. The fourth-order valence-electron chi connectivity index (χ4n) is 8.29. The predicted octanol–water partition coefficient (Wildman–Crippen LogP) is 19.0. The lowest BCUT2D eigenvalue weighted by molar-refractivity contribution is -0.119. The molecule has 3 heteroatoms. The molecule has 3 aliphatic carbocycles. The molecule has 6 unspecified atom stereocenters. The number of benzene rings is 3. The van der Waals surface area contributed by atoms with Gasteiger partial charge in [-0.15, -0.1) is 0 Å². The van der Waals surface area contributed by atoms with E-state index in [4.69, 9.17) is 0 Å². The Labute approximate surface area is 413 Å². The van der Waals surface area contributed by atoms with Crippen molar-refractivity contribution in [2.24, 2.45) is 29.6 Å². The van der Waals surface area contributed by atoms with E-state index < -0.39 is 0 Å². The number of rotatable bonds is 15. The third-order valence-corrected chi connectivity index (χ3v) is 13.7. The normalized spacial score (nSPS) is 19.1. The van der Waals surface area contributed by atoms with Crippen LogP contribution in [-0.2, 0) is 28.9 Å². The summed E-state index contributed by atoms with van der Waals surface area (Å²) in [7, 11) is 0. The molecule has 0 spiro atoms. The Morgan fingerprint density at radius 1 is 0.701 bits per heavy atom. The van der Waals surface area contributed by atoms with Crippen molar-refractivity contribution < 1.29 is 9.59 Å². The Bertz CT molecular complexity index is 1920. The monoisotopic (exact) mass is 914 g/mol. The second kappa shape index (κ2) is 35.0. The van der Waals surface area contributed by atoms with Gasteiger partial charge in [0, 0.05) is 23.4 Å². The first-order valence-corrected chi connectivity index (χ1v) is 26.8. The summed E-state index contributed by atoms with van der Waals surface area (Å²) in [5.41, 5.74) is 11.5. The Balaban J connectivity index is 0.000000440. The molecule has 0 saturated heterocycles. The van der Waals surface area contributed by atoms with Crippen molar-refractivity contribution in [3.8, 4) is 0 Å². The summed E-state index contributed by atoms with van der Waals surface area (Å²) in [4.78, 5) is 24.4. The fraction of sp³-hybridized carbons (Fsp3) is 0.562. The molecule has 0 aliphatic heterocycles. The highest BCUT2D eigenvalue weighted by molar-refractivity contribution is 6.27. The zero-order valence-corrected chi connectivity index (χ0v) is 45.6. The van der Waals surface area contributed by atoms with Gasteiger partial charge in [-0.1, -0.05) is 200 Å². The maximum atomic E-state index is 12.5. The highest BCUT2D eigenvalue weighted by Crippen LogP contribution is 2.36.